The minimum atomic E-state index is -3.85. The van der Waals surface area contributed by atoms with Crippen molar-refractivity contribution in [2.45, 2.75) is 145 Å². The molecule has 0 saturated heterocycles. The second-order valence-corrected chi connectivity index (χ2v) is 22.5. The van der Waals surface area contributed by atoms with E-state index in [1.54, 1.807) is 0 Å². The molecule has 0 amide bonds. The Hall–Kier alpha value is 0.408. The molecule has 4 nitrogen and oxygen atoms in total. The first-order chi connectivity index (χ1) is 15.8. The molecule has 1 atom stereocenters. The Morgan fingerprint density at radius 3 is 1.48 bits per heavy atom. The van der Waals surface area contributed by atoms with E-state index in [9.17, 15) is 9.46 Å². The van der Waals surface area contributed by atoms with Crippen LogP contribution in [0.15, 0.2) is 12.2 Å². The summed E-state index contributed by atoms with van der Waals surface area (Å²) in [6.45, 7) is 2.92. The van der Waals surface area contributed by atoms with Crippen LogP contribution in [0.2, 0.25) is 22.3 Å². The summed E-state index contributed by atoms with van der Waals surface area (Å²) in [4.78, 5) is 9.70. The molecule has 0 aliphatic heterocycles. The van der Waals surface area contributed by atoms with Crippen LogP contribution in [0.4, 0.5) is 0 Å². The van der Waals surface area contributed by atoms with Crippen LogP contribution in [-0.2, 0) is 13.6 Å². The van der Waals surface area contributed by atoms with E-state index in [4.69, 9.17) is 9.05 Å². The third kappa shape index (κ3) is 28.5. The third-order valence-corrected chi connectivity index (χ3v) is 10.1. The number of phosphoric ester groups is 1. The van der Waals surface area contributed by atoms with E-state index in [1.807, 2.05) is 0 Å². The number of hydrogen-bond donors (Lipinski definition) is 1. The fourth-order valence-corrected chi connectivity index (χ4v) is 6.11. The van der Waals surface area contributed by atoms with Gasteiger partial charge in [0.1, 0.15) is 0 Å². The van der Waals surface area contributed by atoms with Gasteiger partial charge in [0.05, 0.1) is 0 Å². The normalized spacial score (nSPS) is 14.2. The average Bonchev–Trinajstić information content (AvgIpc) is 2.73. The zero-order valence-corrected chi connectivity index (χ0v) is 25.3. The van der Waals surface area contributed by atoms with Crippen molar-refractivity contribution in [2.24, 2.45) is 0 Å². The Kier molecular flexibility index (Phi) is 23.1. The Morgan fingerprint density at radius 2 is 1.03 bits per heavy atom. The predicted octanol–water partition coefficient (Wildman–Crippen LogP) is 10.1. The first-order valence-electron chi connectivity index (χ1n) is 13.8. The SMILES string of the molecule is CCCCCCCC/C=C\CCCCCCCCCCCCOP(=O)(O)OCC[As+](C)(C)C. The van der Waals surface area contributed by atoms with E-state index in [2.05, 4.69) is 36.2 Å². The number of allylic oxidation sites excluding steroid dienone is 2. The average molecular weight is 552 g/mol. The van der Waals surface area contributed by atoms with Crippen molar-refractivity contribution in [3.63, 3.8) is 0 Å². The van der Waals surface area contributed by atoms with E-state index in [-0.39, 0.29) is 0 Å². The molecule has 0 rings (SSSR count). The number of phosphoric acid groups is 1. The van der Waals surface area contributed by atoms with Crippen molar-refractivity contribution in [3.8, 4) is 0 Å². The maximum absolute atomic E-state index is 11.8. The van der Waals surface area contributed by atoms with Crippen LogP contribution in [-0.4, -0.2) is 31.7 Å². The summed E-state index contributed by atoms with van der Waals surface area (Å²) in [5, 5.41) is 0.905. The topological polar surface area (TPSA) is 55.8 Å². The number of unbranched alkanes of at least 4 members (excludes halogenated alkanes) is 16. The Bertz CT molecular complexity index is 491. The molecule has 1 unspecified atom stereocenters. The zero-order chi connectivity index (χ0) is 24.7. The first-order valence-corrected chi connectivity index (χ1v) is 22.3. The molecule has 1 N–H and O–H groups in total. The van der Waals surface area contributed by atoms with E-state index >= 15 is 0 Å². The van der Waals surface area contributed by atoms with Crippen LogP contribution in [0.25, 0.3) is 0 Å². The van der Waals surface area contributed by atoms with Gasteiger partial charge < -0.3 is 0 Å². The van der Waals surface area contributed by atoms with Crippen molar-refractivity contribution < 1.29 is 18.5 Å². The summed E-state index contributed by atoms with van der Waals surface area (Å²) in [6.07, 6.45) is 28.0. The van der Waals surface area contributed by atoms with Crippen molar-refractivity contribution in [3.05, 3.63) is 12.2 Å². The molecule has 0 bridgehead atoms. The maximum atomic E-state index is 11.8. The second kappa shape index (κ2) is 22.8. The Morgan fingerprint density at radius 1 is 0.636 bits per heavy atom. The van der Waals surface area contributed by atoms with Crippen molar-refractivity contribution >= 4 is 21.4 Å². The molecule has 0 saturated carbocycles. The first kappa shape index (κ1) is 33.4. The molecule has 0 spiro atoms. The molecule has 198 valence electrons. The van der Waals surface area contributed by atoms with Crippen LogP contribution in [0.5, 0.6) is 0 Å². The van der Waals surface area contributed by atoms with Gasteiger partial charge in [-0.05, 0) is 25.7 Å². The Balaban J connectivity index is 3.29. The molecule has 6 heteroatoms. The molecule has 0 fully saturated rings. The summed E-state index contributed by atoms with van der Waals surface area (Å²) in [5.41, 5.74) is 6.76. The van der Waals surface area contributed by atoms with E-state index in [0.717, 1.165) is 18.1 Å². The molecule has 0 radical (unpaired) electrons. The summed E-state index contributed by atoms with van der Waals surface area (Å²) in [7, 11) is -3.85. The molecule has 33 heavy (non-hydrogen) atoms. The fraction of sp³-hybridized carbons (Fsp3) is 0.926. The molecular weight excluding hydrogens is 494 g/mol. The van der Waals surface area contributed by atoms with Crippen molar-refractivity contribution in [2.75, 3.05) is 13.2 Å². The predicted molar refractivity (Wildman–Crippen MR) is 148 cm³/mol. The van der Waals surface area contributed by atoms with Crippen LogP contribution in [0.1, 0.15) is 122 Å². The molecule has 0 aliphatic rings. The van der Waals surface area contributed by atoms with Crippen LogP contribution < -0.4 is 0 Å². The molecule has 0 aromatic rings. The van der Waals surface area contributed by atoms with Gasteiger partial charge in [-0.15, -0.1) is 0 Å². The van der Waals surface area contributed by atoms with E-state index in [0.29, 0.717) is 13.2 Å². The fourth-order valence-electron chi connectivity index (χ4n) is 3.70. The number of hydrogen-bond acceptors (Lipinski definition) is 3. The van der Waals surface area contributed by atoms with Gasteiger partial charge in [-0.25, -0.2) is 0 Å². The van der Waals surface area contributed by atoms with Gasteiger partial charge in [0, 0.05) is 0 Å². The van der Waals surface area contributed by atoms with Gasteiger partial charge in [-0.3, -0.25) is 0 Å². The van der Waals surface area contributed by atoms with Gasteiger partial charge in [-0.2, -0.15) is 0 Å². The van der Waals surface area contributed by atoms with Crippen LogP contribution in [0, 0.1) is 0 Å². The molecule has 0 aromatic carbocycles. The summed E-state index contributed by atoms with van der Waals surface area (Å²) < 4.78 is 22.0. The molecule has 0 heterocycles. The summed E-state index contributed by atoms with van der Waals surface area (Å²) in [6, 6.07) is 0. The zero-order valence-electron chi connectivity index (χ0n) is 22.6. The standard InChI is InChI=1S/C27H56AsO4P/c1-5-6-7-8-9-10-11-12-13-14-15-16-17-18-19-20-21-22-23-24-26-31-33(29,30)32-27-25-28(2,3)4/h12-13H,5-11,14-27H2,1-4H3/p+1/b13-12-. The number of rotatable bonds is 25. The van der Waals surface area contributed by atoms with Crippen molar-refractivity contribution in [1.82, 2.24) is 0 Å². The summed E-state index contributed by atoms with van der Waals surface area (Å²) in [5.74, 6) is 0. The van der Waals surface area contributed by atoms with E-state index < -0.39 is 21.4 Å². The van der Waals surface area contributed by atoms with Gasteiger partial charge >= 0.3 is 114 Å². The van der Waals surface area contributed by atoms with Crippen LogP contribution in [0.3, 0.4) is 0 Å². The van der Waals surface area contributed by atoms with Gasteiger partial charge in [0.25, 0.3) is 0 Å². The van der Waals surface area contributed by atoms with Crippen LogP contribution >= 0.6 is 7.82 Å². The van der Waals surface area contributed by atoms with Crippen molar-refractivity contribution in [1.29, 1.82) is 0 Å². The minimum absolute atomic E-state index is 0.316. The van der Waals surface area contributed by atoms with Gasteiger partial charge in [0.15, 0.2) is 0 Å². The molecular formula is C27H57AsO4P+. The third-order valence-electron chi connectivity index (χ3n) is 5.93. The second-order valence-electron chi connectivity index (χ2n) is 10.5. The monoisotopic (exact) mass is 551 g/mol. The molecule has 0 aromatic heterocycles. The molecule has 0 aliphatic carbocycles. The summed E-state index contributed by atoms with van der Waals surface area (Å²) >= 11 is -1.57. The Labute approximate surface area is 209 Å². The van der Waals surface area contributed by atoms with E-state index in [1.165, 1.54) is 103 Å². The van der Waals surface area contributed by atoms with Gasteiger partial charge in [0.2, 0.25) is 0 Å². The quantitative estimate of drug-likeness (QED) is 0.0531. The van der Waals surface area contributed by atoms with Gasteiger partial charge in [-0.1, -0.05) is 70.4 Å².